The van der Waals surface area contributed by atoms with Gasteiger partial charge in [-0.1, -0.05) is 12.1 Å². The molecule has 0 aliphatic heterocycles. The van der Waals surface area contributed by atoms with E-state index in [0.717, 1.165) is 7.11 Å². The SMILES string of the molecule is COC(=O)c1ccc([C@H]2[C@@H](C(=O)OC)C(=O)C[C@](C)(O)[C@@H]2C(=O)OC)cc1. The number of ketones is 1. The summed E-state index contributed by atoms with van der Waals surface area (Å²) in [6.45, 7) is 1.36. The molecule has 0 saturated heterocycles. The summed E-state index contributed by atoms with van der Waals surface area (Å²) in [5.74, 6) is -6.09. The zero-order valence-corrected chi connectivity index (χ0v) is 15.6. The summed E-state index contributed by atoms with van der Waals surface area (Å²) in [5, 5.41) is 10.7. The van der Waals surface area contributed by atoms with E-state index in [9.17, 15) is 24.3 Å². The van der Waals surface area contributed by atoms with Gasteiger partial charge in [0.25, 0.3) is 0 Å². The van der Waals surface area contributed by atoms with Gasteiger partial charge in [-0.2, -0.15) is 0 Å². The van der Waals surface area contributed by atoms with Crippen LogP contribution in [-0.4, -0.2) is 55.7 Å². The first-order chi connectivity index (χ1) is 12.7. The van der Waals surface area contributed by atoms with E-state index in [-0.39, 0.29) is 12.0 Å². The van der Waals surface area contributed by atoms with Crippen molar-refractivity contribution in [3.8, 4) is 0 Å². The average Bonchev–Trinajstić information content (AvgIpc) is 2.65. The van der Waals surface area contributed by atoms with Gasteiger partial charge in [-0.05, 0) is 24.6 Å². The number of carbonyl (C=O) groups is 4. The Balaban J connectivity index is 2.60. The molecule has 0 unspecified atom stereocenters. The van der Waals surface area contributed by atoms with Crippen molar-refractivity contribution in [3.63, 3.8) is 0 Å². The molecular formula is C19H22O8. The van der Waals surface area contributed by atoms with Crippen molar-refractivity contribution in [3.05, 3.63) is 35.4 Å². The number of benzene rings is 1. The van der Waals surface area contributed by atoms with Crippen LogP contribution >= 0.6 is 0 Å². The average molecular weight is 378 g/mol. The highest BCUT2D eigenvalue weighted by molar-refractivity contribution is 6.02. The fourth-order valence-corrected chi connectivity index (χ4v) is 3.63. The van der Waals surface area contributed by atoms with Gasteiger partial charge in [0, 0.05) is 12.3 Å². The Kier molecular flexibility index (Phi) is 6.00. The van der Waals surface area contributed by atoms with Gasteiger partial charge in [0.1, 0.15) is 5.92 Å². The molecule has 1 aliphatic rings. The molecule has 1 fully saturated rings. The van der Waals surface area contributed by atoms with Gasteiger partial charge in [-0.25, -0.2) is 4.79 Å². The van der Waals surface area contributed by atoms with E-state index in [1.807, 2.05) is 0 Å². The maximum atomic E-state index is 12.6. The molecule has 0 aromatic heterocycles. The fourth-order valence-electron chi connectivity index (χ4n) is 3.63. The van der Waals surface area contributed by atoms with Crippen LogP contribution in [0.2, 0.25) is 0 Å². The Hall–Kier alpha value is -2.74. The lowest BCUT2D eigenvalue weighted by Gasteiger charge is -2.43. The molecule has 0 heterocycles. The molecule has 27 heavy (non-hydrogen) atoms. The smallest absolute Gasteiger partial charge is 0.337 e. The summed E-state index contributed by atoms with van der Waals surface area (Å²) in [6, 6.07) is 5.93. The summed E-state index contributed by atoms with van der Waals surface area (Å²) >= 11 is 0. The Morgan fingerprint density at radius 1 is 1.00 bits per heavy atom. The predicted octanol–water partition coefficient (Wildman–Crippen LogP) is 0.859. The van der Waals surface area contributed by atoms with Gasteiger partial charge in [-0.3, -0.25) is 14.4 Å². The van der Waals surface area contributed by atoms with Crippen LogP contribution in [0.1, 0.15) is 35.2 Å². The van der Waals surface area contributed by atoms with Crippen LogP contribution in [0.3, 0.4) is 0 Å². The zero-order chi connectivity index (χ0) is 20.4. The van der Waals surface area contributed by atoms with Gasteiger partial charge in [0.15, 0.2) is 5.78 Å². The number of aliphatic hydroxyl groups is 1. The minimum Gasteiger partial charge on any atom is -0.469 e. The predicted molar refractivity (Wildman–Crippen MR) is 91.8 cm³/mol. The molecular weight excluding hydrogens is 356 g/mol. The molecule has 1 aromatic rings. The number of hydrogen-bond acceptors (Lipinski definition) is 8. The van der Waals surface area contributed by atoms with E-state index in [1.165, 1.54) is 45.4 Å². The number of Topliss-reactive ketones (excluding diaryl/α,β-unsaturated/α-hetero) is 1. The Labute approximate surface area is 156 Å². The van der Waals surface area contributed by atoms with Gasteiger partial charge in [0.05, 0.1) is 38.4 Å². The molecule has 2 rings (SSSR count). The van der Waals surface area contributed by atoms with Crippen LogP contribution < -0.4 is 0 Å². The Morgan fingerprint density at radius 3 is 2.04 bits per heavy atom. The summed E-state index contributed by atoms with van der Waals surface area (Å²) in [4.78, 5) is 48.9. The maximum Gasteiger partial charge on any atom is 0.337 e. The fraction of sp³-hybridized carbons (Fsp3) is 0.474. The third-order valence-corrected chi connectivity index (χ3v) is 4.89. The van der Waals surface area contributed by atoms with Crippen LogP contribution in [0.5, 0.6) is 0 Å². The van der Waals surface area contributed by atoms with E-state index in [2.05, 4.69) is 4.74 Å². The first kappa shape index (κ1) is 20.6. The molecule has 0 bridgehead atoms. The largest absolute Gasteiger partial charge is 0.469 e. The van der Waals surface area contributed by atoms with Crippen LogP contribution in [0.4, 0.5) is 0 Å². The molecule has 0 amide bonds. The van der Waals surface area contributed by atoms with Crippen LogP contribution in [0, 0.1) is 11.8 Å². The van der Waals surface area contributed by atoms with E-state index in [4.69, 9.17) is 9.47 Å². The second-order valence-electron chi connectivity index (χ2n) is 6.64. The lowest BCUT2D eigenvalue weighted by molar-refractivity contribution is -0.170. The van der Waals surface area contributed by atoms with Crippen molar-refractivity contribution in [1.29, 1.82) is 0 Å². The van der Waals surface area contributed by atoms with Gasteiger partial charge < -0.3 is 19.3 Å². The third-order valence-electron chi connectivity index (χ3n) is 4.89. The number of rotatable bonds is 4. The summed E-state index contributed by atoms with van der Waals surface area (Å²) in [5.41, 5.74) is -1.03. The van der Waals surface area contributed by atoms with E-state index in [1.54, 1.807) is 0 Å². The monoisotopic (exact) mass is 378 g/mol. The standard InChI is InChI=1S/C19H22O8/c1-19(24)9-12(20)14(17(22)26-3)13(15(19)18(23)27-4)10-5-7-11(8-6-10)16(21)25-2/h5-8,13-15,24H,9H2,1-4H3/t13-,14-,15-,19-/m0/s1. The summed E-state index contributed by atoms with van der Waals surface area (Å²) in [6.07, 6.45) is -0.386. The highest BCUT2D eigenvalue weighted by atomic mass is 16.5. The molecule has 146 valence electrons. The second kappa shape index (κ2) is 7.87. The topological polar surface area (TPSA) is 116 Å². The molecule has 8 nitrogen and oxygen atoms in total. The minimum atomic E-state index is -1.71. The molecule has 1 aromatic carbocycles. The van der Waals surface area contributed by atoms with E-state index >= 15 is 0 Å². The first-order valence-corrected chi connectivity index (χ1v) is 8.27. The summed E-state index contributed by atoms with van der Waals surface area (Å²) < 4.78 is 14.2. The Bertz CT molecular complexity index is 749. The van der Waals surface area contributed by atoms with Crippen molar-refractivity contribution in [2.24, 2.45) is 11.8 Å². The third kappa shape index (κ3) is 3.85. The molecule has 4 atom stereocenters. The lowest BCUT2D eigenvalue weighted by atomic mass is 9.61. The number of hydrogen-bond donors (Lipinski definition) is 1. The van der Waals surface area contributed by atoms with Gasteiger partial charge in [0.2, 0.25) is 0 Å². The normalized spacial score (nSPS) is 27.6. The van der Waals surface area contributed by atoms with Crippen LogP contribution in [-0.2, 0) is 28.6 Å². The molecule has 0 radical (unpaired) electrons. The number of ether oxygens (including phenoxy) is 3. The lowest BCUT2D eigenvalue weighted by Crippen LogP contribution is -2.55. The first-order valence-electron chi connectivity index (χ1n) is 8.27. The molecule has 1 aliphatic carbocycles. The van der Waals surface area contributed by atoms with Crippen molar-refractivity contribution in [2.45, 2.75) is 24.9 Å². The van der Waals surface area contributed by atoms with E-state index in [0.29, 0.717) is 5.56 Å². The molecule has 0 spiro atoms. The highest BCUT2D eigenvalue weighted by Gasteiger charge is 2.56. The highest BCUT2D eigenvalue weighted by Crippen LogP contribution is 2.46. The zero-order valence-electron chi connectivity index (χ0n) is 15.6. The quantitative estimate of drug-likeness (QED) is 0.466. The number of methoxy groups -OCH3 is 3. The van der Waals surface area contributed by atoms with Gasteiger partial charge >= 0.3 is 17.9 Å². The van der Waals surface area contributed by atoms with Crippen LogP contribution in [0.25, 0.3) is 0 Å². The Morgan fingerprint density at radius 2 is 1.56 bits per heavy atom. The number of esters is 3. The minimum absolute atomic E-state index is 0.263. The number of carbonyl (C=O) groups excluding carboxylic acids is 4. The molecule has 1 N–H and O–H groups in total. The van der Waals surface area contributed by atoms with Crippen molar-refractivity contribution >= 4 is 23.7 Å². The van der Waals surface area contributed by atoms with Crippen LogP contribution in [0.15, 0.2) is 24.3 Å². The van der Waals surface area contributed by atoms with E-state index < -0.39 is 47.0 Å². The second-order valence-corrected chi connectivity index (χ2v) is 6.64. The van der Waals surface area contributed by atoms with Crippen molar-refractivity contribution < 1.29 is 38.5 Å². The summed E-state index contributed by atoms with van der Waals surface area (Å²) in [7, 11) is 3.56. The van der Waals surface area contributed by atoms with Gasteiger partial charge in [-0.15, -0.1) is 0 Å². The molecule has 1 saturated carbocycles. The molecule has 8 heteroatoms. The maximum absolute atomic E-state index is 12.6. The van der Waals surface area contributed by atoms with Crippen molar-refractivity contribution in [2.75, 3.05) is 21.3 Å². The van der Waals surface area contributed by atoms with Crippen molar-refractivity contribution in [1.82, 2.24) is 0 Å².